The van der Waals surface area contributed by atoms with E-state index >= 15 is 0 Å². The second kappa shape index (κ2) is 3.22. The van der Waals surface area contributed by atoms with Crippen molar-refractivity contribution in [3.63, 3.8) is 0 Å². The molecule has 0 amide bonds. The molecule has 0 aromatic heterocycles. The molecule has 0 aliphatic rings. The largest absolute Gasteiger partial charge is 0.464 e. The average Bonchev–Trinajstić information content (AvgIpc) is 1.86. The van der Waals surface area contributed by atoms with Gasteiger partial charge in [-0.1, -0.05) is 0 Å². The van der Waals surface area contributed by atoms with Crippen molar-refractivity contribution in [1.29, 1.82) is 0 Å². The summed E-state index contributed by atoms with van der Waals surface area (Å²) in [5.74, 6) is -1.64. The predicted molar refractivity (Wildman–Crippen MR) is 30.4 cm³/mol. The minimum Gasteiger partial charge on any atom is -0.464 e. The molecule has 0 aromatic carbocycles. The molecular weight excluding hydrogens is 174 g/mol. The molecule has 0 fully saturated rings. The van der Waals surface area contributed by atoms with Crippen molar-refractivity contribution >= 4 is 27.6 Å². The van der Waals surface area contributed by atoms with Crippen molar-refractivity contribution < 1.29 is 18.3 Å². The van der Waals surface area contributed by atoms with Crippen LogP contribution in [0.5, 0.6) is 0 Å². The monoisotopic (exact) mass is 176 g/mol. The highest BCUT2D eigenvalue weighted by atomic mass is 35.7. The quantitative estimate of drug-likeness (QED) is 0.599. The number of carbonyl (C=O) groups excluding carboxylic acids is 1. The first-order chi connectivity index (χ1) is 4.04. The van der Waals surface area contributed by atoms with E-state index in [9.17, 15) is 13.6 Å². The smallest absolute Gasteiger partial charge is 0.402 e. The van der Waals surface area contributed by atoms with E-state index in [0.29, 0.717) is 0 Å². The molecule has 0 heterocycles. The van der Waals surface area contributed by atoms with Crippen LogP contribution in [-0.4, -0.2) is 18.3 Å². The molecule has 0 radical (unpaired) electrons. The van der Waals surface area contributed by atoms with E-state index in [1.54, 1.807) is 0 Å². The maximum atomic E-state index is 11.9. The van der Waals surface area contributed by atoms with E-state index in [-0.39, 0.29) is 11.0 Å². The number of hydrogen-bond donors (Lipinski definition) is 0. The number of rotatable bonds is 2. The van der Waals surface area contributed by atoms with Crippen molar-refractivity contribution in [1.82, 2.24) is 0 Å². The van der Waals surface area contributed by atoms with Crippen molar-refractivity contribution in [3.05, 3.63) is 0 Å². The van der Waals surface area contributed by atoms with Crippen molar-refractivity contribution in [2.75, 3.05) is 7.11 Å². The average molecular weight is 177 g/mol. The molecule has 6 heteroatoms. The molecule has 0 atom stereocenters. The summed E-state index contributed by atoms with van der Waals surface area (Å²) in [6.45, 7) is 0. The van der Waals surface area contributed by atoms with Gasteiger partial charge >= 0.3 is 11.2 Å². The topological polar surface area (TPSA) is 26.3 Å². The lowest BCUT2D eigenvalue weighted by molar-refractivity contribution is -0.156. The predicted octanol–water partition coefficient (Wildman–Crippen LogP) is 1.64. The molecular formula is C3H3ClF2O2S. The molecule has 0 spiro atoms. The number of alkyl halides is 2. The Balaban J connectivity index is 3.97. The minimum atomic E-state index is -3.63. The van der Waals surface area contributed by atoms with Gasteiger partial charge in [0.1, 0.15) is 0 Å². The second-order valence-electron chi connectivity index (χ2n) is 1.09. The summed E-state index contributed by atoms with van der Waals surface area (Å²) in [4.78, 5) is 9.99. The Morgan fingerprint density at radius 3 is 2.33 bits per heavy atom. The highest BCUT2D eigenvalue weighted by Gasteiger charge is 2.40. The van der Waals surface area contributed by atoms with Crippen LogP contribution in [0.15, 0.2) is 0 Å². The van der Waals surface area contributed by atoms with E-state index in [0.717, 1.165) is 7.11 Å². The summed E-state index contributed by atoms with van der Waals surface area (Å²) in [6.07, 6.45) is 0. The molecule has 0 aliphatic carbocycles. The lowest BCUT2D eigenvalue weighted by Gasteiger charge is -2.06. The zero-order valence-corrected chi connectivity index (χ0v) is 5.93. The zero-order valence-electron chi connectivity index (χ0n) is 4.36. The molecule has 0 N–H and O–H groups in total. The maximum absolute atomic E-state index is 11.9. The Morgan fingerprint density at radius 2 is 2.22 bits per heavy atom. The summed E-state index contributed by atoms with van der Waals surface area (Å²) in [5, 5.41) is -3.63. The Labute approximate surface area is 59.0 Å². The van der Waals surface area contributed by atoms with Crippen LogP contribution in [0.4, 0.5) is 8.78 Å². The standard InChI is InChI=1S/C3H3ClF2O2S/c1-8-2(7)3(5,6)9-4/h1H3. The number of halogens is 3. The van der Waals surface area contributed by atoms with E-state index < -0.39 is 11.2 Å². The minimum absolute atomic E-state index is 0.376. The summed E-state index contributed by atoms with van der Waals surface area (Å²) < 4.78 is 27.5. The van der Waals surface area contributed by atoms with Gasteiger partial charge < -0.3 is 4.74 Å². The van der Waals surface area contributed by atoms with Gasteiger partial charge in [0.25, 0.3) is 0 Å². The Bertz CT molecular complexity index is 118. The highest BCUT2D eigenvalue weighted by Crippen LogP contribution is 2.32. The maximum Gasteiger partial charge on any atom is 0.402 e. The molecule has 0 aliphatic heterocycles. The lowest BCUT2D eigenvalue weighted by Crippen LogP contribution is -2.24. The van der Waals surface area contributed by atoms with Crippen LogP contribution in [0, 0.1) is 0 Å². The Kier molecular flexibility index (Phi) is 3.21. The first-order valence-electron chi connectivity index (χ1n) is 1.80. The number of esters is 1. The fraction of sp³-hybridized carbons (Fsp3) is 0.667. The van der Waals surface area contributed by atoms with Gasteiger partial charge in [-0.05, 0) is 10.7 Å². The van der Waals surface area contributed by atoms with Crippen LogP contribution in [0.2, 0.25) is 0 Å². The molecule has 9 heavy (non-hydrogen) atoms. The van der Waals surface area contributed by atoms with Gasteiger partial charge in [-0.15, -0.1) is 0 Å². The van der Waals surface area contributed by atoms with Gasteiger partial charge in [0.15, 0.2) is 0 Å². The van der Waals surface area contributed by atoms with Crippen LogP contribution < -0.4 is 0 Å². The van der Waals surface area contributed by atoms with Gasteiger partial charge in [-0.2, -0.15) is 8.78 Å². The zero-order chi connectivity index (χ0) is 7.49. The van der Waals surface area contributed by atoms with Crippen LogP contribution in [0.1, 0.15) is 0 Å². The van der Waals surface area contributed by atoms with Gasteiger partial charge in [-0.25, -0.2) is 4.79 Å². The summed E-state index contributed by atoms with van der Waals surface area (Å²) in [5.41, 5.74) is 0. The van der Waals surface area contributed by atoms with Gasteiger partial charge in [0.05, 0.1) is 7.11 Å². The molecule has 0 bridgehead atoms. The molecule has 2 nitrogen and oxygen atoms in total. The van der Waals surface area contributed by atoms with Crippen LogP contribution >= 0.6 is 21.7 Å². The molecule has 0 aromatic rings. The summed E-state index contributed by atoms with van der Waals surface area (Å²) >= 11 is 0. The second-order valence-corrected chi connectivity index (χ2v) is 2.22. The lowest BCUT2D eigenvalue weighted by atomic mass is 10.7. The molecule has 0 rings (SSSR count). The number of methoxy groups -OCH3 is 1. The third-order valence-electron chi connectivity index (χ3n) is 0.520. The van der Waals surface area contributed by atoms with Crippen LogP contribution in [-0.2, 0) is 9.53 Å². The third kappa shape index (κ3) is 2.36. The summed E-state index contributed by atoms with van der Waals surface area (Å²) in [7, 11) is 5.12. The normalized spacial score (nSPS) is 11.1. The highest BCUT2D eigenvalue weighted by molar-refractivity contribution is 8.22. The first-order valence-corrected chi connectivity index (χ1v) is 3.45. The van der Waals surface area contributed by atoms with Crippen molar-refractivity contribution in [2.45, 2.75) is 5.25 Å². The van der Waals surface area contributed by atoms with Crippen LogP contribution in [0.25, 0.3) is 0 Å². The van der Waals surface area contributed by atoms with Crippen molar-refractivity contribution in [3.8, 4) is 0 Å². The van der Waals surface area contributed by atoms with Gasteiger partial charge in [0, 0.05) is 11.0 Å². The fourth-order valence-electron chi connectivity index (χ4n) is 0.150. The number of hydrogen-bond acceptors (Lipinski definition) is 3. The Morgan fingerprint density at radius 1 is 1.78 bits per heavy atom. The first kappa shape index (κ1) is 8.97. The van der Waals surface area contributed by atoms with Crippen LogP contribution in [0.3, 0.4) is 0 Å². The van der Waals surface area contributed by atoms with E-state index in [1.807, 2.05) is 0 Å². The molecule has 0 saturated carbocycles. The van der Waals surface area contributed by atoms with E-state index in [4.69, 9.17) is 0 Å². The van der Waals surface area contributed by atoms with E-state index in [1.165, 1.54) is 0 Å². The SMILES string of the molecule is COC(=O)C(F)(F)SCl. The van der Waals surface area contributed by atoms with Crippen molar-refractivity contribution in [2.24, 2.45) is 0 Å². The van der Waals surface area contributed by atoms with Gasteiger partial charge in [-0.3, -0.25) is 0 Å². The number of carbonyl (C=O) groups is 1. The van der Waals surface area contributed by atoms with Gasteiger partial charge in [0.2, 0.25) is 0 Å². The molecule has 54 valence electrons. The Hall–Kier alpha value is -0.0300. The number of ether oxygens (including phenoxy) is 1. The third-order valence-corrected chi connectivity index (χ3v) is 1.46. The summed E-state index contributed by atoms with van der Waals surface area (Å²) in [6, 6.07) is 0. The molecule has 0 saturated heterocycles. The molecule has 0 unspecified atom stereocenters. The fourth-order valence-corrected chi connectivity index (χ4v) is 0.486. The van der Waals surface area contributed by atoms with E-state index in [2.05, 4.69) is 15.4 Å².